The van der Waals surface area contributed by atoms with E-state index in [1.54, 1.807) is 12.1 Å². The maximum Gasteiger partial charge on any atom is 0.200 e. The van der Waals surface area contributed by atoms with E-state index in [0.717, 1.165) is 23.4 Å². The van der Waals surface area contributed by atoms with Gasteiger partial charge in [0.05, 0.1) is 18.6 Å². The van der Waals surface area contributed by atoms with Crippen LogP contribution in [0.4, 0.5) is 11.6 Å². The standard InChI is InChI=1S/C24H28N2O4/c1-3-18-6-4-5-7-20(18)25-10-13-29-22-9-8-19-21(27)16-23(30-24(19)17(22)2)26-11-14-28-15-12-26/h4-9,16,25H,3,10-15H2,1-2H3. The van der Waals surface area contributed by atoms with Gasteiger partial charge in [0.25, 0.3) is 0 Å². The van der Waals surface area contributed by atoms with E-state index < -0.39 is 0 Å². The third-order valence-electron chi connectivity index (χ3n) is 5.48. The third kappa shape index (κ3) is 4.28. The molecule has 158 valence electrons. The average molecular weight is 408 g/mol. The number of fused-ring (bicyclic) bond motifs is 1. The zero-order chi connectivity index (χ0) is 20.9. The van der Waals surface area contributed by atoms with Gasteiger partial charge in [0.1, 0.15) is 17.9 Å². The Morgan fingerprint density at radius 1 is 1.13 bits per heavy atom. The zero-order valence-corrected chi connectivity index (χ0v) is 17.6. The van der Waals surface area contributed by atoms with Gasteiger partial charge in [0.15, 0.2) is 11.3 Å². The maximum atomic E-state index is 12.6. The molecule has 0 aliphatic carbocycles. The molecule has 1 aliphatic heterocycles. The molecule has 1 fully saturated rings. The molecule has 0 saturated carbocycles. The fraction of sp³-hybridized carbons (Fsp3) is 0.375. The molecule has 0 spiro atoms. The van der Waals surface area contributed by atoms with Crippen molar-refractivity contribution < 1.29 is 13.9 Å². The molecule has 2 heterocycles. The molecule has 4 rings (SSSR count). The summed E-state index contributed by atoms with van der Waals surface area (Å²) in [7, 11) is 0. The van der Waals surface area contributed by atoms with Crippen molar-refractivity contribution >= 4 is 22.5 Å². The number of nitrogens with zero attached hydrogens (tertiary/aromatic N) is 1. The van der Waals surface area contributed by atoms with Crippen molar-refractivity contribution in [1.82, 2.24) is 0 Å². The molecule has 0 atom stereocenters. The number of hydrogen-bond acceptors (Lipinski definition) is 6. The molecule has 0 unspecified atom stereocenters. The molecule has 3 aromatic rings. The number of benzene rings is 2. The Morgan fingerprint density at radius 3 is 2.73 bits per heavy atom. The highest BCUT2D eigenvalue weighted by Crippen LogP contribution is 2.29. The van der Waals surface area contributed by atoms with Crippen molar-refractivity contribution in [3.63, 3.8) is 0 Å². The van der Waals surface area contributed by atoms with Crippen LogP contribution in [-0.4, -0.2) is 39.5 Å². The summed E-state index contributed by atoms with van der Waals surface area (Å²) in [6.45, 7) is 7.99. The minimum absolute atomic E-state index is 0.0368. The van der Waals surface area contributed by atoms with Crippen molar-refractivity contribution in [1.29, 1.82) is 0 Å². The van der Waals surface area contributed by atoms with Gasteiger partial charge < -0.3 is 24.1 Å². The number of para-hydroxylation sites is 1. The largest absolute Gasteiger partial charge is 0.491 e. The highest BCUT2D eigenvalue weighted by Gasteiger charge is 2.17. The van der Waals surface area contributed by atoms with Crippen LogP contribution in [0.1, 0.15) is 18.1 Å². The molecular weight excluding hydrogens is 380 g/mol. The number of aryl methyl sites for hydroxylation is 2. The molecule has 1 N–H and O–H groups in total. The second-order valence-electron chi connectivity index (χ2n) is 7.40. The Labute approximate surface area is 176 Å². The topological polar surface area (TPSA) is 63.9 Å². The summed E-state index contributed by atoms with van der Waals surface area (Å²) in [5.74, 6) is 1.32. The maximum absolute atomic E-state index is 12.6. The van der Waals surface area contributed by atoms with Gasteiger partial charge in [-0.2, -0.15) is 0 Å². The van der Waals surface area contributed by atoms with Crippen molar-refractivity contribution in [3.8, 4) is 5.75 Å². The van der Waals surface area contributed by atoms with Crippen LogP contribution < -0.4 is 20.4 Å². The molecule has 2 aromatic carbocycles. The van der Waals surface area contributed by atoms with Crippen molar-refractivity contribution in [2.45, 2.75) is 20.3 Å². The first-order valence-corrected chi connectivity index (χ1v) is 10.5. The number of nitrogens with one attached hydrogen (secondary N) is 1. The third-order valence-corrected chi connectivity index (χ3v) is 5.48. The second kappa shape index (κ2) is 9.22. The Hall–Kier alpha value is -2.99. The van der Waals surface area contributed by atoms with Gasteiger partial charge in [-0.05, 0) is 37.1 Å². The van der Waals surface area contributed by atoms with E-state index in [-0.39, 0.29) is 5.43 Å². The summed E-state index contributed by atoms with van der Waals surface area (Å²) in [6.07, 6.45) is 0.984. The highest BCUT2D eigenvalue weighted by atomic mass is 16.5. The van der Waals surface area contributed by atoms with Crippen LogP contribution in [0.3, 0.4) is 0 Å². The SMILES string of the molecule is CCc1ccccc1NCCOc1ccc2c(=O)cc(N3CCOCC3)oc2c1C. The van der Waals surface area contributed by atoms with E-state index in [1.807, 2.05) is 24.0 Å². The van der Waals surface area contributed by atoms with Crippen molar-refractivity contribution in [2.24, 2.45) is 0 Å². The highest BCUT2D eigenvalue weighted by molar-refractivity contribution is 5.82. The smallest absolute Gasteiger partial charge is 0.200 e. The Balaban J connectivity index is 1.49. The summed E-state index contributed by atoms with van der Waals surface area (Å²) in [5.41, 5.74) is 3.82. The minimum atomic E-state index is -0.0368. The fourth-order valence-corrected chi connectivity index (χ4v) is 3.77. The first-order valence-electron chi connectivity index (χ1n) is 10.5. The summed E-state index contributed by atoms with van der Waals surface area (Å²) in [6, 6.07) is 13.5. The lowest BCUT2D eigenvalue weighted by molar-refractivity contribution is 0.121. The molecule has 0 amide bonds. The van der Waals surface area contributed by atoms with E-state index >= 15 is 0 Å². The predicted molar refractivity (Wildman–Crippen MR) is 120 cm³/mol. The van der Waals surface area contributed by atoms with Gasteiger partial charge in [-0.1, -0.05) is 25.1 Å². The Bertz CT molecular complexity index is 1070. The van der Waals surface area contributed by atoms with Crippen molar-refractivity contribution in [2.75, 3.05) is 49.7 Å². The molecule has 1 aliphatic rings. The van der Waals surface area contributed by atoms with Crippen LogP contribution in [0.15, 0.2) is 51.7 Å². The molecular formula is C24H28N2O4. The first kappa shape index (κ1) is 20.3. The molecule has 1 saturated heterocycles. The first-order chi connectivity index (χ1) is 14.7. The van der Waals surface area contributed by atoms with Crippen LogP contribution in [0.25, 0.3) is 11.0 Å². The molecule has 1 aromatic heterocycles. The minimum Gasteiger partial charge on any atom is -0.491 e. The van der Waals surface area contributed by atoms with E-state index in [2.05, 4.69) is 30.4 Å². The Morgan fingerprint density at radius 2 is 1.93 bits per heavy atom. The van der Waals surface area contributed by atoms with Gasteiger partial charge in [-0.15, -0.1) is 0 Å². The molecule has 30 heavy (non-hydrogen) atoms. The number of ether oxygens (including phenoxy) is 2. The van der Waals surface area contributed by atoms with E-state index in [9.17, 15) is 4.79 Å². The summed E-state index contributed by atoms with van der Waals surface area (Å²) >= 11 is 0. The number of hydrogen-bond donors (Lipinski definition) is 1. The van der Waals surface area contributed by atoms with Gasteiger partial charge in [-0.25, -0.2) is 0 Å². The number of morpholine rings is 1. The molecule has 6 nitrogen and oxygen atoms in total. The normalized spacial score (nSPS) is 14.1. The van der Waals surface area contributed by atoms with Crippen LogP contribution in [0.2, 0.25) is 0 Å². The lowest BCUT2D eigenvalue weighted by Gasteiger charge is -2.27. The predicted octanol–water partition coefficient (Wildman–Crippen LogP) is 3.99. The van der Waals surface area contributed by atoms with Gasteiger partial charge in [0, 0.05) is 37.0 Å². The second-order valence-corrected chi connectivity index (χ2v) is 7.40. The molecule has 6 heteroatoms. The van der Waals surface area contributed by atoms with E-state index in [0.29, 0.717) is 56.3 Å². The lowest BCUT2D eigenvalue weighted by atomic mass is 10.1. The van der Waals surface area contributed by atoms with Gasteiger partial charge in [0.2, 0.25) is 0 Å². The van der Waals surface area contributed by atoms with Crippen molar-refractivity contribution in [3.05, 3.63) is 63.8 Å². The van der Waals surface area contributed by atoms with Gasteiger partial charge >= 0.3 is 0 Å². The monoisotopic (exact) mass is 408 g/mol. The summed E-state index contributed by atoms with van der Waals surface area (Å²) < 4.78 is 17.5. The quantitative estimate of drug-likeness (QED) is 0.597. The van der Waals surface area contributed by atoms with Crippen LogP contribution in [0, 0.1) is 6.92 Å². The van der Waals surface area contributed by atoms with E-state index in [1.165, 1.54) is 5.56 Å². The molecule has 0 bridgehead atoms. The molecule has 0 radical (unpaired) electrons. The van der Waals surface area contributed by atoms with Crippen LogP contribution in [0.5, 0.6) is 5.75 Å². The van der Waals surface area contributed by atoms with E-state index in [4.69, 9.17) is 13.9 Å². The Kier molecular flexibility index (Phi) is 6.23. The van der Waals surface area contributed by atoms with Crippen LogP contribution in [-0.2, 0) is 11.2 Å². The zero-order valence-electron chi connectivity index (χ0n) is 17.6. The number of anilines is 2. The van der Waals surface area contributed by atoms with Crippen LogP contribution >= 0.6 is 0 Å². The summed E-state index contributed by atoms with van der Waals surface area (Å²) in [4.78, 5) is 14.7. The number of rotatable bonds is 7. The fourth-order valence-electron chi connectivity index (χ4n) is 3.77. The summed E-state index contributed by atoms with van der Waals surface area (Å²) in [5, 5.41) is 4.01. The lowest BCUT2D eigenvalue weighted by Crippen LogP contribution is -2.36. The average Bonchev–Trinajstić information content (AvgIpc) is 2.79. The van der Waals surface area contributed by atoms with Gasteiger partial charge in [-0.3, -0.25) is 4.79 Å².